The summed E-state index contributed by atoms with van der Waals surface area (Å²) in [7, 11) is -0.606. The number of nitrogens with two attached hydrogens (primary N) is 1. The van der Waals surface area contributed by atoms with Gasteiger partial charge in [0.25, 0.3) is 0 Å². The molecule has 1 unspecified atom stereocenters. The van der Waals surface area contributed by atoms with Gasteiger partial charge in [0, 0.05) is 19.8 Å². The number of nitrogens with zero attached hydrogens (tertiary/aromatic N) is 1. The van der Waals surface area contributed by atoms with Gasteiger partial charge in [-0.1, -0.05) is 19.4 Å². The maximum atomic E-state index is 12.1. The topological polar surface area (TPSA) is 92.5 Å². The van der Waals surface area contributed by atoms with Crippen LogP contribution in [0.1, 0.15) is 25.3 Å². The largest absolute Gasteiger partial charge is 0.324 e. The first-order chi connectivity index (χ1) is 9.70. The fraction of sp³-hybridized carbons (Fsp3) is 0.500. The Balaban J connectivity index is 3.07. The normalized spacial score (nSPS) is 13.2. The SMILES string of the molecule is CCCC(N)C(=O)Nc1cc(S(=O)(=O)N(C)C)ccc1C. The van der Waals surface area contributed by atoms with E-state index in [0.717, 1.165) is 16.3 Å². The molecule has 1 aromatic carbocycles. The van der Waals surface area contributed by atoms with Crippen LogP contribution in [0.5, 0.6) is 0 Å². The van der Waals surface area contributed by atoms with Crippen molar-refractivity contribution < 1.29 is 13.2 Å². The minimum Gasteiger partial charge on any atom is -0.324 e. The highest BCUT2D eigenvalue weighted by Gasteiger charge is 2.19. The molecule has 0 saturated carbocycles. The van der Waals surface area contributed by atoms with Gasteiger partial charge in [0.05, 0.1) is 10.9 Å². The summed E-state index contributed by atoms with van der Waals surface area (Å²) in [5.41, 5.74) is 7.01. The Bertz CT molecular complexity index is 612. The van der Waals surface area contributed by atoms with Crippen molar-refractivity contribution in [2.24, 2.45) is 5.73 Å². The first-order valence-electron chi connectivity index (χ1n) is 6.79. The van der Waals surface area contributed by atoms with Gasteiger partial charge in [-0.2, -0.15) is 0 Å². The van der Waals surface area contributed by atoms with Gasteiger partial charge in [-0.25, -0.2) is 12.7 Å². The summed E-state index contributed by atoms with van der Waals surface area (Å²) in [6.45, 7) is 3.75. The lowest BCUT2D eigenvalue weighted by Gasteiger charge is -2.16. The van der Waals surface area contributed by atoms with E-state index in [1.807, 2.05) is 6.92 Å². The van der Waals surface area contributed by atoms with Crippen molar-refractivity contribution in [3.05, 3.63) is 23.8 Å². The van der Waals surface area contributed by atoms with E-state index < -0.39 is 16.1 Å². The number of hydrogen-bond donors (Lipinski definition) is 2. The number of benzene rings is 1. The number of carbonyl (C=O) groups excluding carboxylic acids is 1. The zero-order chi connectivity index (χ0) is 16.2. The van der Waals surface area contributed by atoms with Crippen molar-refractivity contribution in [1.82, 2.24) is 4.31 Å². The molecule has 1 aromatic rings. The molecule has 7 heteroatoms. The number of aryl methyl sites for hydroxylation is 1. The van der Waals surface area contributed by atoms with Crippen LogP contribution >= 0.6 is 0 Å². The van der Waals surface area contributed by atoms with Crippen LogP contribution in [0.2, 0.25) is 0 Å². The number of sulfonamides is 1. The highest BCUT2D eigenvalue weighted by Crippen LogP contribution is 2.22. The molecular weight excluding hydrogens is 290 g/mol. The fourth-order valence-corrected chi connectivity index (χ4v) is 2.70. The molecule has 0 aliphatic carbocycles. The number of carbonyl (C=O) groups is 1. The Labute approximate surface area is 126 Å². The van der Waals surface area contributed by atoms with E-state index in [4.69, 9.17) is 5.73 Å². The molecule has 1 rings (SSSR count). The molecule has 0 fully saturated rings. The minimum atomic E-state index is -3.53. The molecule has 0 bridgehead atoms. The van der Waals surface area contributed by atoms with Gasteiger partial charge in [-0.05, 0) is 31.0 Å². The monoisotopic (exact) mass is 313 g/mol. The predicted molar refractivity (Wildman–Crippen MR) is 83.6 cm³/mol. The summed E-state index contributed by atoms with van der Waals surface area (Å²) in [6.07, 6.45) is 1.39. The number of rotatable bonds is 6. The van der Waals surface area contributed by atoms with E-state index in [0.29, 0.717) is 12.1 Å². The van der Waals surface area contributed by atoms with Crippen LogP contribution in [-0.4, -0.2) is 38.8 Å². The zero-order valence-electron chi connectivity index (χ0n) is 12.9. The summed E-state index contributed by atoms with van der Waals surface area (Å²) in [4.78, 5) is 12.1. The Hall–Kier alpha value is -1.44. The lowest BCUT2D eigenvalue weighted by Crippen LogP contribution is -2.35. The minimum absolute atomic E-state index is 0.137. The second kappa shape index (κ2) is 7.02. The predicted octanol–water partition coefficient (Wildman–Crippen LogP) is 1.31. The van der Waals surface area contributed by atoms with Crippen LogP contribution in [-0.2, 0) is 14.8 Å². The smallest absolute Gasteiger partial charge is 0.242 e. The number of hydrogen-bond acceptors (Lipinski definition) is 4. The quantitative estimate of drug-likeness (QED) is 0.828. The van der Waals surface area contributed by atoms with Crippen molar-refractivity contribution in [3.63, 3.8) is 0 Å². The van der Waals surface area contributed by atoms with Gasteiger partial charge in [-0.3, -0.25) is 4.79 Å². The van der Waals surface area contributed by atoms with Crippen LogP contribution < -0.4 is 11.1 Å². The molecule has 3 N–H and O–H groups in total. The molecule has 21 heavy (non-hydrogen) atoms. The average Bonchev–Trinajstić information content (AvgIpc) is 2.40. The molecule has 0 saturated heterocycles. The lowest BCUT2D eigenvalue weighted by atomic mass is 10.1. The average molecular weight is 313 g/mol. The molecule has 0 heterocycles. The van der Waals surface area contributed by atoms with Gasteiger partial charge < -0.3 is 11.1 Å². The third kappa shape index (κ3) is 4.26. The van der Waals surface area contributed by atoms with Crippen LogP contribution in [0, 0.1) is 6.92 Å². The summed E-state index contributed by atoms with van der Waals surface area (Å²) >= 11 is 0. The van der Waals surface area contributed by atoms with Crippen molar-refractivity contribution >= 4 is 21.6 Å². The molecule has 0 aliphatic rings. The van der Waals surface area contributed by atoms with Crippen molar-refractivity contribution in [1.29, 1.82) is 0 Å². The van der Waals surface area contributed by atoms with E-state index >= 15 is 0 Å². The Morgan fingerprint density at radius 2 is 2.00 bits per heavy atom. The number of nitrogens with one attached hydrogen (secondary N) is 1. The van der Waals surface area contributed by atoms with E-state index in [2.05, 4.69) is 5.32 Å². The van der Waals surface area contributed by atoms with Crippen LogP contribution in [0.3, 0.4) is 0 Å². The first-order valence-corrected chi connectivity index (χ1v) is 8.23. The number of amides is 1. The second-order valence-electron chi connectivity index (χ2n) is 5.15. The van der Waals surface area contributed by atoms with Gasteiger partial charge in [0.1, 0.15) is 0 Å². The molecule has 1 amide bonds. The van der Waals surface area contributed by atoms with Gasteiger partial charge in [-0.15, -0.1) is 0 Å². The Morgan fingerprint density at radius 1 is 1.38 bits per heavy atom. The third-order valence-corrected chi connectivity index (χ3v) is 4.99. The molecular formula is C14H23N3O3S. The van der Waals surface area contributed by atoms with E-state index in [1.165, 1.54) is 26.2 Å². The van der Waals surface area contributed by atoms with Gasteiger partial charge in [0.2, 0.25) is 15.9 Å². The van der Waals surface area contributed by atoms with Crippen molar-refractivity contribution in [3.8, 4) is 0 Å². The van der Waals surface area contributed by atoms with Crippen LogP contribution in [0.15, 0.2) is 23.1 Å². The maximum Gasteiger partial charge on any atom is 0.242 e. The van der Waals surface area contributed by atoms with Crippen LogP contribution in [0.25, 0.3) is 0 Å². The highest BCUT2D eigenvalue weighted by atomic mass is 32.2. The van der Waals surface area contributed by atoms with Gasteiger partial charge in [0.15, 0.2) is 0 Å². The second-order valence-corrected chi connectivity index (χ2v) is 7.30. The molecule has 0 radical (unpaired) electrons. The summed E-state index contributed by atoms with van der Waals surface area (Å²) < 4.78 is 25.3. The van der Waals surface area contributed by atoms with E-state index in [9.17, 15) is 13.2 Å². The fourth-order valence-electron chi connectivity index (χ4n) is 1.77. The Morgan fingerprint density at radius 3 is 2.52 bits per heavy atom. The van der Waals surface area contributed by atoms with Crippen molar-refractivity contribution in [2.75, 3.05) is 19.4 Å². The summed E-state index contributed by atoms with van der Waals surface area (Å²) in [6, 6.07) is 4.05. The zero-order valence-corrected chi connectivity index (χ0v) is 13.7. The first kappa shape index (κ1) is 17.6. The maximum absolute atomic E-state index is 12.1. The molecule has 0 aromatic heterocycles. The third-order valence-electron chi connectivity index (χ3n) is 3.18. The summed E-state index contributed by atoms with van der Waals surface area (Å²) in [5.74, 6) is -0.306. The molecule has 118 valence electrons. The van der Waals surface area contributed by atoms with E-state index in [1.54, 1.807) is 13.0 Å². The Kier molecular flexibility index (Phi) is 5.88. The van der Waals surface area contributed by atoms with Crippen LogP contribution in [0.4, 0.5) is 5.69 Å². The molecule has 1 atom stereocenters. The van der Waals surface area contributed by atoms with Crippen molar-refractivity contribution in [2.45, 2.75) is 37.6 Å². The lowest BCUT2D eigenvalue weighted by molar-refractivity contribution is -0.117. The molecule has 0 spiro atoms. The summed E-state index contributed by atoms with van der Waals surface area (Å²) in [5, 5.41) is 2.70. The molecule has 0 aliphatic heterocycles. The number of anilines is 1. The molecule has 6 nitrogen and oxygen atoms in total. The highest BCUT2D eigenvalue weighted by molar-refractivity contribution is 7.89. The van der Waals surface area contributed by atoms with Gasteiger partial charge >= 0.3 is 0 Å². The van der Waals surface area contributed by atoms with E-state index in [-0.39, 0.29) is 10.8 Å². The standard InChI is InChI=1S/C14H23N3O3S/c1-5-6-12(15)14(18)16-13-9-11(8-7-10(13)2)21(19,20)17(3)4/h7-9,12H,5-6,15H2,1-4H3,(H,16,18).